The van der Waals surface area contributed by atoms with E-state index in [-0.39, 0.29) is 29.1 Å². The van der Waals surface area contributed by atoms with Crippen LogP contribution >= 0.6 is 11.6 Å². The predicted molar refractivity (Wildman–Crippen MR) is 126 cm³/mol. The van der Waals surface area contributed by atoms with E-state index in [1.807, 2.05) is 0 Å². The van der Waals surface area contributed by atoms with Crippen LogP contribution in [0.2, 0.25) is 5.02 Å². The summed E-state index contributed by atoms with van der Waals surface area (Å²) >= 11 is 6.24. The highest BCUT2D eigenvalue weighted by atomic mass is 35.5. The number of rotatable bonds is 6. The van der Waals surface area contributed by atoms with Crippen molar-refractivity contribution in [1.82, 2.24) is 29.3 Å². The highest BCUT2D eigenvalue weighted by molar-refractivity contribution is 6.35. The molecule has 6 rings (SSSR count). The second-order valence-electron chi connectivity index (χ2n) is 9.73. The van der Waals surface area contributed by atoms with Crippen LogP contribution in [-0.4, -0.2) is 55.0 Å². The summed E-state index contributed by atoms with van der Waals surface area (Å²) < 4.78 is 38.6. The number of hydrogen-bond acceptors (Lipinski definition) is 6. The van der Waals surface area contributed by atoms with Gasteiger partial charge in [-0.1, -0.05) is 11.6 Å². The Morgan fingerprint density at radius 1 is 1.26 bits per heavy atom. The third kappa shape index (κ3) is 3.84. The van der Waals surface area contributed by atoms with Crippen LogP contribution in [0, 0.1) is 5.41 Å². The first-order valence-electron chi connectivity index (χ1n) is 11.4. The number of ether oxygens (including phenoxy) is 1. The maximum absolute atomic E-state index is 14.8. The number of nitrogens with zero attached hydrogens (tertiary/aromatic N) is 6. The highest BCUT2D eigenvalue weighted by Crippen LogP contribution is 2.50. The molecule has 1 spiro atoms. The van der Waals surface area contributed by atoms with Crippen molar-refractivity contribution in [2.75, 3.05) is 19.6 Å². The number of fused-ring (bicyclic) bond motifs is 2. The molecule has 1 saturated carbocycles. The molecule has 11 heteroatoms. The molecule has 2 fully saturated rings. The van der Waals surface area contributed by atoms with Crippen molar-refractivity contribution in [3.05, 3.63) is 63.9 Å². The van der Waals surface area contributed by atoms with Crippen LogP contribution < -0.4 is 10.3 Å². The summed E-state index contributed by atoms with van der Waals surface area (Å²) in [4.78, 5) is 14.5. The van der Waals surface area contributed by atoms with Crippen molar-refractivity contribution in [3.63, 3.8) is 0 Å². The Morgan fingerprint density at radius 2 is 2.06 bits per heavy atom. The molecule has 3 aromatic heterocycles. The van der Waals surface area contributed by atoms with Gasteiger partial charge >= 0.3 is 0 Å². The van der Waals surface area contributed by atoms with Crippen molar-refractivity contribution in [2.24, 2.45) is 12.5 Å². The van der Waals surface area contributed by atoms with E-state index in [9.17, 15) is 13.6 Å². The Labute approximate surface area is 204 Å². The molecule has 0 N–H and O–H groups in total. The van der Waals surface area contributed by atoms with Crippen molar-refractivity contribution in [1.29, 1.82) is 0 Å². The van der Waals surface area contributed by atoms with Gasteiger partial charge in [-0.2, -0.15) is 5.10 Å². The second kappa shape index (κ2) is 7.96. The summed E-state index contributed by atoms with van der Waals surface area (Å²) in [5, 5.41) is 13.0. The lowest BCUT2D eigenvalue weighted by Gasteiger charge is -2.58. The number of hydrogen-bond donors (Lipinski definition) is 0. The molecule has 0 bridgehead atoms. The summed E-state index contributed by atoms with van der Waals surface area (Å²) in [6, 6.07) is 6.25. The fraction of sp³-hybridized carbons (Fsp3) is 0.417. The Hall–Kier alpha value is -3.11. The van der Waals surface area contributed by atoms with Gasteiger partial charge < -0.3 is 9.64 Å². The molecule has 182 valence electrons. The average molecular weight is 501 g/mol. The fourth-order valence-corrected chi connectivity index (χ4v) is 5.60. The highest BCUT2D eigenvalue weighted by Gasteiger charge is 2.53. The molecule has 1 aliphatic carbocycles. The number of aromatic nitrogens is 5. The first-order valence-corrected chi connectivity index (χ1v) is 11.8. The predicted octanol–water partition coefficient (Wildman–Crippen LogP) is 3.65. The van der Waals surface area contributed by atoms with Gasteiger partial charge in [0.25, 0.3) is 11.5 Å². The third-order valence-corrected chi connectivity index (χ3v) is 7.53. The zero-order valence-corrected chi connectivity index (χ0v) is 19.8. The first kappa shape index (κ1) is 22.4. The maximum Gasteiger partial charge on any atom is 0.276 e. The van der Waals surface area contributed by atoms with Crippen molar-refractivity contribution in [3.8, 4) is 5.75 Å². The molecule has 0 amide bonds. The van der Waals surface area contributed by atoms with E-state index < -0.39 is 5.92 Å². The van der Waals surface area contributed by atoms with Crippen molar-refractivity contribution >= 4 is 28.0 Å². The van der Waals surface area contributed by atoms with Gasteiger partial charge in [0.15, 0.2) is 5.65 Å². The van der Waals surface area contributed by atoms with E-state index in [2.05, 4.69) is 20.2 Å². The quantitative estimate of drug-likeness (QED) is 0.402. The molecular weight excluding hydrogens is 478 g/mol. The van der Waals surface area contributed by atoms with E-state index in [4.69, 9.17) is 16.3 Å². The number of likely N-dealkylation sites (tertiary alicyclic amines) is 1. The minimum atomic E-state index is -2.93. The van der Waals surface area contributed by atoms with Crippen LogP contribution in [0.4, 0.5) is 8.78 Å². The molecule has 35 heavy (non-hydrogen) atoms. The molecule has 4 heterocycles. The monoisotopic (exact) mass is 500 g/mol. The van der Waals surface area contributed by atoms with Gasteiger partial charge in [0, 0.05) is 50.3 Å². The normalized spacial score (nSPS) is 18.2. The SMILES string of the molecule is Cn1ncc2c(OC3CC4(C3)CN(CCC(F)(F)c3ccn5cnnc5c3)C4)ccc(Cl)c2c1=O. The fourth-order valence-electron chi connectivity index (χ4n) is 5.36. The van der Waals surface area contributed by atoms with Gasteiger partial charge in [0.05, 0.1) is 28.1 Å². The van der Waals surface area contributed by atoms with Crippen LogP contribution in [0.3, 0.4) is 0 Å². The molecule has 0 unspecified atom stereocenters. The number of aryl methyl sites for hydroxylation is 1. The smallest absolute Gasteiger partial charge is 0.276 e. The molecule has 1 saturated heterocycles. The molecule has 0 atom stereocenters. The zero-order valence-electron chi connectivity index (χ0n) is 19.0. The minimum Gasteiger partial charge on any atom is -0.490 e. The Morgan fingerprint density at radius 3 is 2.86 bits per heavy atom. The molecule has 1 aliphatic heterocycles. The van der Waals surface area contributed by atoms with E-state index in [0.29, 0.717) is 33.7 Å². The summed E-state index contributed by atoms with van der Waals surface area (Å²) in [6.07, 6.45) is 6.12. The Balaban J connectivity index is 1.04. The molecule has 2 aliphatic rings. The van der Waals surface area contributed by atoms with Crippen LogP contribution in [0.25, 0.3) is 16.4 Å². The standard InChI is InChI=1S/C24H23ClF2N6O2/c1-31-22(34)21-17(11-29-31)19(3-2-18(21)25)35-16-9-23(10-16)12-32(13-23)7-5-24(26,27)15-4-6-33-14-28-30-20(33)8-15/h2-4,6,8,11,14,16H,5,7,9-10,12-13H2,1H3. The summed E-state index contributed by atoms with van der Waals surface area (Å²) in [7, 11) is 1.58. The Kier molecular flexibility index (Phi) is 5.08. The second-order valence-corrected chi connectivity index (χ2v) is 10.1. The molecule has 1 aromatic carbocycles. The lowest BCUT2D eigenvalue weighted by atomic mass is 9.61. The topological polar surface area (TPSA) is 77.6 Å². The van der Waals surface area contributed by atoms with E-state index in [1.54, 1.807) is 36.0 Å². The van der Waals surface area contributed by atoms with Crippen LogP contribution in [-0.2, 0) is 13.0 Å². The van der Waals surface area contributed by atoms with Gasteiger partial charge in [-0.15, -0.1) is 10.2 Å². The lowest BCUT2D eigenvalue weighted by molar-refractivity contribution is -0.127. The maximum atomic E-state index is 14.8. The number of benzene rings is 1. The largest absolute Gasteiger partial charge is 0.490 e. The number of pyridine rings is 1. The van der Waals surface area contributed by atoms with Crippen LogP contribution in [0.1, 0.15) is 24.8 Å². The van der Waals surface area contributed by atoms with Gasteiger partial charge in [-0.3, -0.25) is 9.20 Å². The van der Waals surface area contributed by atoms with E-state index in [1.165, 1.54) is 23.1 Å². The molecular formula is C24H23ClF2N6O2. The molecule has 8 nitrogen and oxygen atoms in total. The zero-order chi connectivity index (χ0) is 24.4. The van der Waals surface area contributed by atoms with E-state index in [0.717, 1.165) is 25.9 Å². The molecule has 0 radical (unpaired) electrons. The van der Waals surface area contributed by atoms with Gasteiger partial charge in [0.1, 0.15) is 12.1 Å². The molecule has 4 aromatic rings. The summed E-state index contributed by atoms with van der Waals surface area (Å²) in [6.45, 7) is 1.90. The van der Waals surface area contributed by atoms with Crippen molar-refractivity contribution in [2.45, 2.75) is 31.3 Å². The van der Waals surface area contributed by atoms with Gasteiger partial charge in [0.2, 0.25) is 0 Å². The van der Waals surface area contributed by atoms with Crippen molar-refractivity contribution < 1.29 is 13.5 Å². The van der Waals surface area contributed by atoms with E-state index >= 15 is 0 Å². The number of halogens is 3. The summed E-state index contributed by atoms with van der Waals surface area (Å²) in [5.41, 5.74) is 0.229. The average Bonchev–Trinajstić information content (AvgIpc) is 3.25. The minimum absolute atomic E-state index is 0.0157. The van der Waals surface area contributed by atoms with Gasteiger partial charge in [-0.05, 0) is 37.1 Å². The number of alkyl halides is 2. The Bertz CT molecular complexity index is 1490. The van der Waals surface area contributed by atoms with Crippen LogP contribution in [0.15, 0.2) is 47.8 Å². The lowest BCUT2D eigenvalue weighted by Crippen LogP contribution is -2.64. The van der Waals surface area contributed by atoms with Crippen LogP contribution in [0.5, 0.6) is 5.75 Å². The first-order chi connectivity index (χ1) is 16.7. The van der Waals surface area contributed by atoms with Gasteiger partial charge in [-0.25, -0.2) is 13.5 Å². The summed E-state index contributed by atoms with van der Waals surface area (Å²) in [5.74, 6) is -2.34. The third-order valence-electron chi connectivity index (χ3n) is 7.22.